The molecule has 2 heterocycles. The highest BCUT2D eigenvalue weighted by Gasteiger charge is 2.14. The largest absolute Gasteiger partial charge is 0.457 e. The van der Waals surface area contributed by atoms with Crippen molar-refractivity contribution in [3.63, 3.8) is 0 Å². The third-order valence-corrected chi connectivity index (χ3v) is 3.86. The highest BCUT2D eigenvalue weighted by Crippen LogP contribution is 2.28. The number of allylic oxidation sites excluding steroid dienone is 3. The van der Waals surface area contributed by atoms with Gasteiger partial charge in [0.2, 0.25) is 0 Å². The molecule has 0 unspecified atom stereocenters. The monoisotopic (exact) mass is 298 g/mol. The first-order chi connectivity index (χ1) is 11.3. The molecule has 4 rings (SSSR count). The molecule has 2 aliphatic heterocycles. The summed E-state index contributed by atoms with van der Waals surface area (Å²) in [6.45, 7) is 0. The minimum atomic E-state index is 0.656. The van der Waals surface area contributed by atoms with Crippen LogP contribution in [-0.2, 0) is 0 Å². The van der Waals surface area contributed by atoms with E-state index in [2.05, 4.69) is 17.5 Å². The average Bonchev–Trinajstić information content (AvgIpc) is 2.94. The van der Waals surface area contributed by atoms with Gasteiger partial charge in [0, 0.05) is 30.0 Å². The Balaban J connectivity index is 1.62. The number of nitriles is 1. The van der Waals surface area contributed by atoms with E-state index in [-0.39, 0.29) is 0 Å². The number of nitrogens with one attached hydrogen (secondary N) is 1. The quantitative estimate of drug-likeness (QED) is 0.920. The first kappa shape index (κ1) is 13.4. The lowest BCUT2D eigenvalue weighted by Crippen LogP contribution is -2.11. The number of ether oxygens (including phenoxy) is 1. The zero-order valence-electron chi connectivity index (χ0n) is 12.4. The Hall–Kier alpha value is -3.25. The number of benzene rings is 2. The van der Waals surface area contributed by atoms with Gasteiger partial charge >= 0.3 is 0 Å². The lowest BCUT2D eigenvalue weighted by atomic mass is 10.0. The maximum atomic E-state index is 9.04. The van der Waals surface area contributed by atoms with Gasteiger partial charge in [0.05, 0.1) is 11.6 Å². The van der Waals surface area contributed by atoms with Crippen LogP contribution in [0.1, 0.15) is 12.0 Å². The van der Waals surface area contributed by atoms with Crippen molar-refractivity contribution < 1.29 is 4.74 Å². The number of fused-ring (bicyclic) bond motifs is 2. The average molecular weight is 298 g/mol. The highest BCUT2D eigenvalue weighted by atomic mass is 16.5. The number of hydrogen-bond acceptors (Lipinski definition) is 3. The molecular formula is C20H14N2O. The fourth-order valence-corrected chi connectivity index (χ4v) is 2.77. The van der Waals surface area contributed by atoms with Gasteiger partial charge in [0.1, 0.15) is 11.5 Å². The van der Waals surface area contributed by atoms with Gasteiger partial charge in [0.25, 0.3) is 0 Å². The first-order valence-electron chi connectivity index (χ1n) is 7.48. The van der Waals surface area contributed by atoms with Crippen molar-refractivity contribution in [2.45, 2.75) is 6.42 Å². The van der Waals surface area contributed by atoms with E-state index in [1.165, 1.54) is 0 Å². The summed E-state index contributed by atoms with van der Waals surface area (Å²) in [7, 11) is 0. The van der Waals surface area contributed by atoms with Gasteiger partial charge in [-0.2, -0.15) is 5.26 Å². The molecule has 0 saturated heterocycles. The smallest absolute Gasteiger partial charge is 0.131 e. The lowest BCUT2D eigenvalue weighted by Gasteiger charge is -2.14. The van der Waals surface area contributed by atoms with E-state index in [0.29, 0.717) is 5.56 Å². The summed E-state index contributed by atoms with van der Waals surface area (Å²) < 4.78 is 5.99. The summed E-state index contributed by atoms with van der Waals surface area (Å²) in [5.41, 5.74) is 4.95. The van der Waals surface area contributed by atoms with Crippen LogP contribution in [0.15, 0.2) is 83.9 Å². The first-order valence-corrected chi connectivity index (χ1v) is 7.48. The predicted octanol–water partition coefficient (Wildman–Crippen LogP) is 4.26. The Morgan fingerprint density at radius 3 is 2.65 bits per heavy atom. The zero-order valence-corrected chi connectivity index (χ0v) is 12.4. The molecule has 0 radical (unpaired) electrons. The SMILES string of the molecule is N#Cc1cccc(-c2cccc(OC3=CC4=CCC(=C3)N4)c2)c1. The molecule has 0 atom stereocenters. The van der Waals surface area contributed by atoms with Crippen LogP contribution in [0.4, 0.5) is 0 Å². The number of rotatable bonds is 3. The van der Waals surface area contributed by atoms with Gasteiger partial charge in [-0.25, -0.2) is 0 Å². The number of nitrogens with zero attached hydrogens (tertiary/aromatic N) is 1. The van der Waals surface area contributed by atoms with E-state index < -0.39 is 0 Å². The van der Waals surface area contributed by atoms with Gasteiger partial charge in [-0.3, -0.25) is 0 Å². The van der Waals surface area contributed by atoms with E-state index in [0.717, 1.165) is 40.5 Å². The minimum absolute atomic E-state index is 0.656. The number of dihydropyridines is 1. The molecule has 23 heavy (non-hydrogen) atoms. The van der Waals surface area contributed by atoms with Crippen molar-refractivity contribution in [2.75, 3.05) is 0 Å². The molecule has 2 bridgehead atoms. The lowest BCUT2D eigenvalue weighted by molar-refractivity contribution is 0.441. The van der Waals surface area contributed by atoms with Crippen molar-refractivity contribution >= 4 is 0 Å². The summed E-state index contributed by atoms with van der Waals surface area (Å²) >= 11 is 0. The van der Waals surface area contributed by atoms with Crippen LogP contribution in [0.25, 0.3) is 11.1 Å². The molecular weight excluding hydrogens is 284 g/mol. The summed E-state index contributed by atoms with van der Waals surface area (Å²) in [5, 5.41) is 12.3. The molecule has 3 nitrogen and oxygen atoms in total. The molecule has 1 N–H and O–H groups in total. The summed E-state index contributed by atoms with van der Waals surface area (Å²) in [4.78, 5) is 0. The van der Waals surface area contributed by atoms with Crippen LogP contribution >= 0.6 is 0 Å². The molecule has 0 fully saturated rings. The van der Waals surface area contributed by atoms with Crippen molar-refractivity contribution in [2.24, 2.45) is 0 Å². The molecule has 2 aliphatic rings. The second-order valence-electron chi connectivity index (χ2n) is 5.53. The Morgan fingerprint density at radius 2 is 1.83 bits per heavy atom. The fraction of sp³-hybridized carbons (Fsp3) is 0.0500. The Kier molecular flexibility index (Phi) is 3.21. The number of hydrogen-bond donors (Lipinski definition) is 1. The topological polar surface area (TPSA) is 45.0 Å². The molecule has 0 aromatic heterocycles. The normalized spacial score (nSPS) is 15.0. The van der Waals surface area contributed by atoms with Gasteiger partial charge < -0.3 is 10.1 Å². The molecule has 3 heteroatoms. The van der Waals surface area contributed by atoms with Crippen LogP contribution in [0.3, 0.4) is 0 Å². The zero-order chi connectivity index (χ0) is 15.6. The molecule has 2 aromatic carbocycles. The van der Waals surface area contributed by atoms with Crippen molar-refractivity contribution in [3.8, 4) is 22.9 Å². The second kappa shape index (κ2) is 5.51. The summed E-state index contributed by atoms with van der Waals surface area (Å²) in [6, 6.07) is 17.7. The van der Waals surface area contributed by atoms with E-state index >= 15 is 0 Å². The second-order valence-corrected chi connectivity index (χ2v) is 5.53. The van der Waals surface area contributed by atoms with E-state index in [9.17, 15) is 0 Å². The van der Waals surface area contributed by atoms with E-state index in [1.807, 2.05) is 54.6 Å². The van der Waals surface area contributed by atoms with Gasteiger partial charge in [-0.1, -0.05) is 30.3 Å². The molecule has 0 aliphatic carbocycles. The van der Waals surface area contributed by atoms with Crippen LogP contribution in [0.2, 0.25) is 0 Å². The van der Waals surface area contributed by atoms with Gasteiger partial charge in [-0.05, 0) is 35.4 Å². The molecule has 110 valence electrons. The predicted molar refractivity (Wildman–Crippen MR) is 89.2 cm³/mol. The Labute approximate surface area is 134 Å². The molecule has 2 aromatic rings. The standard InChI is InChI=1S/C20H14N2O/c21-13-14-3-1-4-15(9-14)16-5-2-6-19(10-16)23-20-11-17-7-8-18(12-20)22-17/h1-7,9-12,22H,8H2. The van der Waals surface area contributed by atoms with E-state index in [1.54, 1.807) is 6.07 Å². The van der Waals surface area contributed by atoms with Crippen molar-refractivity contribution in [3.05, 3.63) is 89.5 Å². The maximum Gasteiger partial charge on any atom is 0.131 e. The Bertz CT molecular complexity index is 913. The molecule has 0 amide bonds. The van der Waals surface area contributed by atoms with Crippen LogP contribution in [0.5, 0.6) is 5.75 Å². The highest BCUT2D eigenvalue weighted by molar-refractivity contribution is 5.66. The van der Waals surface area contributed by atoms with Crippen molar-refractivity contribution in [1.29, 1.82) is 5.26 Å². The summed E-state index contributed by atoms with van der Waals surface area (Å²) in [6.07, 6.45) is 7.10. The Morgan fingerprint density at radius 1 is 1.00 bits per heavy atom. The van der Waals surface area contributed by atoms with Gasteiger partial charge in [0.15, 0.2) is 0 Å². The molecule has 0 spiro atoms. The van der Waals surface area contributed by atoms with Crippen molar-refractivity contribution in [1.82, 2.24) is 5.32 Å². The summed E-state index contributed by atoms with van der Waals surface area (Å²) in [5.74, 6) is 1.63. The fourth-order valence-electron chi connectivity index (χ4n) is 2.77. The van der Waals surface area contributed by atoms with Gasteiger partial charge in [-0.15, -0.1) is 0 Å². The van der Waals surface area contributed by atoms with E-state index in [4.69, 9.17) is 10.00 Å². The van der Waals surface area contributed by atoms with Crippen LogP contribution in [-0.4, -0.2) is 0 Å². The third-order valence-electron chi connectivity index (χ3n) is 3.86. The van der Waals surface area contributed by atoms with Crippen LogP contribution in [0, 0.1) is 11.3 Å². The third kappa shape index (κ3) is 2.75. The minimum Gasteiger partial charge on any atom is -0.457 e. The molecule has 0 saturated carbocycles. The van der Waals surface area contributed by atoms with Crippen LogP contribution < -0.4 is 10.1 Å². The maximum absolute atomic E-state index is 9.04.